The highest BCUT2D eigenvalue weighted by atomic mass is 16.6. The van der Waals surface area contributed by atoms with Crippen LogP contribution in [0, 0.1) is 10.1 Å². The number of para-hydroxylation sites is 1. The molecule has 0 saturated heterocycles. The van der Waals surface area contributed by atoms with E-state index in [9.17, 15) is 14.9 Å². The third-order valence-corrected chi connectivity index (χ3v) is 4.37. The van der Waals surface area contributed by atoms with E-state index in [1.165, 1.54) is 12.3 Å². The fourth-order valence-electron chi connectivity index (χ4n) is 2.92. The molecule has 1 heterocycles. The molecule has 0 unspecified atom stereocenters. The lowest BCUT2D eigenvalue weighted by atomic mass is 10.1. The van der Waals surface area contributed by atoms with E-state index in [1.807, 2.05) is 42.5 Å². The van der Waals surface area contributed by atoms with E-state index < -0.39 is 10.8 Å². The molecule has 2 N–H and O–H groups in total. The van der Waals surface area contributed by atoms with Gasteiger partial charge in [-0.05, 0) is 29.0 Å². The number of nitro benzene ring substituents is 1. The number of amides is 1. The minimum absolute atomic E-state index is 0.0920. The van der Waals surface area contributed by atoms with Crippen LogP contribution in [-0.2, 0) is 0 Å². The van der Waals surface area contributed by atoms with Crippen molar-refractivity contribution in [3.8, 4) is 11.3 Å². The van der Waals surface area contributed by atoms with Crippen LogP contribution in [0.15, 0.2) is 77.9 Å². The summed E-state index contributed by atoms with van der Waals surface area (Å²) in [6, 6.07) is 21.7. The van der Waals surface area contributed by atoms with Gasteiger partial charge in [0.2, 0.25) is 0 Å². The molecule has 0 saturated carbocycles. The lowest BCUT2D eigenvalue weighted by Crippen LogP contribution is -2.18. The minimum Gasteiger partial charge on any atom is -0.272 e. The number of fused-ring (bicyclic) bond motifs is 1. The first kappa shape index (κ1) is 18.1. The maximum Gasteiger partial charge on any atom is 0.289 e. The van der Waals surface area contributed by atoms with Gasteiger partial charge < -0.3 is 0 Å². The van der Waals surface area contributed by atoms with Crippen LogP contribution >= 0.6 is 0 Å². The Balaban J connectivity index is 1.49. The second-order valence-electron chi connectivity index (χ2n) is 6.24. The zero-order valence-corrected chi connectivity index (χ0v) is 15.1. The van der Waals surface area contributed by atoms with Crippen molar-refractivity contribution >= 4 is 28.6 Å². The third kappa shape index (κ3) is 3.86. The van der Waals surface area contributed by atoms with Gasteiger partial charge in [-0.3, -0.25) is 20.0 Å². The molecule has 0 radical (unpaired) electrons. The van der Waals surface area contributed by atoms with Crippen molar-refractivity contribution in [2.24, 2.45) is 5.10 Å². The minimum atomic E-state index is -0.506. The Morgan fingerprint density at radius 3 is 2.62 bits per heavy atom. The monoisotopic (exact) mass is 385 g/mol. The zero-order chi connectivity index (χ0) is 20.2. The summed E-state index contributed by atoms with van der Waals surface area (Å²) in [5.74, 6) is -0.501. The summed E-state index contributed by atoms with van der Waals surface area (Å²) in [4.78, 5) is 22.8. The zero-order valence-electron chi connectivity index (χ0n) is 15.1. The van der Waals surface area contributed by atoms with E-state index in [-0.39, 0.29) is 11.4 Å². The number of nitrogens with zero attached hydrogens (tertiary/aromatic N) is 3. The molecule has 29 heavy (non-hydrogen) atoms. The van der Waals surface area contributed by atoms with Gasteiger partial charge in [0.05, 0.1) is 22.4 Å². The highest BCUT2D eigenvalue weighted by Gasteiger charge is 2.12. The quantitative estimate of drug-likeness (QED) is 0.308. The molecule has 1 amide bonds. The predicted molar refractivity (Wildman–Crippen MR) is 110 cm³/mol. The van der Waals surface area contributed by atoms with Crippen LogP contribution in [0.25, 0.3) is 22.0 Å². The molecule has 0 aliphatic heterocycles. The standard InChI is InChI=1S/C21H15N5O3/c27-21(25-22-13-17-7-3-4-8-20(17)26(28)29)19-12-18(23-24-19)16-10-9-14-5-1-2-6-15(14)11-16/h1-13H,(H,23,24)(H,25,27). The van der Waals surface area contributed by atoms with E-state index >= 15 is 0 Å². The molecule has 142 valence electrons. The molecule has 0 spiro atoms. The molecule has 4 aromatic rings. The largest absolute Gasteiger partial charge is 0.289 e. The molecular formula is C21H15N5O3. The second kappa shape index (κ2) is 7.73. The van der Waals surface area contributed by atoms with Crippen molar-refractivity contribution < 1.29 is 9.72 Å². The van der Waals surface area contributed by atoms with Gasteiger partial charge in [-0.15, -0.1) is 0 Å². The number of rotatable bonds is 5. The number of nitrogens with one attached hydrogen (secondary N) is 2. The van der Waals surface area contributed by atoms with Gasteiger partial charge in [0, 0.05) is 11.6 Å². The number of aromatic amines is 1. The molecule has 8 heteroatoms. The highest BCUT2D eigenvalue weighted by molar-refractivity contribution is 5.95. The summed E-state index contributed by atoms with van der Waals surface area (Å²) in [6.45, 7) is 0. The smallest absolute Gasteiger partial charge is 0.272 e. The Kier molecular flexibility index (Phi) is 4.81. The maximum absolute atomic E-state index is 12.3. The Morgan fingerprint density at radius 2 is 1.79 bits per heavy atom. The van der Waals surface area contributed by atoms with E-state index in [1.54, 1.807) is 24.3 Å². The molecule has 0 aliphatic rings. The van der Waals surface area contributed by atoms with Crippen LogP contribution in [0.1, 0.15) is 16.1 Å². The third-order valence-electron chi connectivity index (χ3n) is 4.37. The van der Waals surface area contributed by atoms with Crippen molar-refractivity contribution in [2.45, 2.75) is 0 Å². The van der Waals surface area contributed by atoms with Crippen molar-refractivity contribution in [3.05, 3.63) is 94.2 Å². The average molecular weight is 385 g/mol. The molecule has 0 atom stereocenters. The van der Waals surface area contributed by atoms with Crippen LogP contribution < -0.4 is 5.43 Å². The van der Waals surface area contributed by atoms with Crippen molar-refractivity contribution in [1.29, 1.82) is 0 Å². The molecular weight excluding hydrogens is 370 g/mol. The Morgan fingerprint density at radius 1 is 1.03 bits per heavy atom. The van der Waals surface area contributed by atoms with Gasteiger partial charge in [-0.25, -0.2) is 5.43 Å². The molecule has 0 fully saturated rings. The first-order valence-corrected chi connectivity index (χ1v) is 8.73. The van der Waals surface area contributed by atoms with Crippen molar-refractivity contribution in [3.63, 3.8) is 0 Å². The molecule has 1 aromatic heterocycles. The summed E-state index contributed by atoms with van der Waals surface area (Å²) in [5, 5.41) is 23.9. The molecule has 0 bridgehead atoms. The maximum atomic E-state index is 12.3. The average Bonchev–Trinajstić information content (AvgIpc) is 3.24. The van der Waals surface area contributed by atoms with Crippen molar-refractivity contribution in [2.75, 3.05) is 0 Å². The number of benzene rings is 3. The number of hydrogen-bond donors (Lipinski definition) is 2. The number of hydrazone groups is 1. The SMILES string of the molecule is O=C(NN=Cc1ccccc1[N+](=O)[O-])c1cc(-c2ccc3ccccc3c2)n[nH]1. The molecule has 4 rings (SSSR count). The number of carbonyl (C=O) groups is 1. The van der Waals surface area contributed by atoms with E-state index in [2.05, 4.69) is 20.7 Å². The van der Waals surface area contributed by atoms with Gasteiger partial charge in [-0.2, -0.15) is 10.2 Å². The summed E-state index contributed by atoms with van der Waals surface area (Å²) in [5.41, 5.74) is 4.28. The highest BCUT2D eigenvalue weighted by Crippen LogP contribution is 2.23. The number of carbonyl (C=O) groups excluding carboxylic acids is 1. The molecule has 0 aliphatic carbocycles. The normalized spacial score (nSPS) is 11.0. The lowest BCUT2D eigenvalue weighted by molar-refractivity contribution is -0.385. The fourth-order valence-corrected chi connectivity index (χ4v) is 2.92. The summed E-state index contributed by atoms with van der Waals surface area (Å²) < 4.78 is 0. The van der Waals surface area contributed by atoms with Crippen LogP contribution in [-0.4, -0.2) is 27.2 Å². The number of aromatic nitrogens is 2. The fraction of sp³-hybridized carbons (Fsp3) is 0. The number of H-pyrrole nitrogens is 1. The second-order valence-corrected chi connectivity index (χ2v) is 6.24. The van der Waals surface area contributed by atoms with E-state index in [0.29, 0.717) is 11.3 Å². The number of hydrogen-bond acceptors (Lipinski definition) is 5. The van der Waals surface area contributed by atoms with Crippen molar-refractivity contribution in [1.82, 2.24) is 15.6 Å². The summed E-state index contributed by atoms with van der Waals surface area (Å²) in [7, 11) is 0. The van der Waals surface area contributed by atoms with Gasteiger partial charge in [0.1, 0.15) is 5.69 Å². The summed E-state index contributed by atoms with van der Waals surface area (Å²) in [6.07, 6.45) is 1.23. The predicted octanol–water partition coefficient (Wildman–Crippen LogP) is 3.90. The van der Waals surface area contributed by atoms with Gasteiger partial charge in [0.25, 0.3) is 11.6 Å². The van der Waals surface area contributed by atoms with Gasteiger partial charge in [-0.1, -0.05) is 48.5 Å². The van der Waals surface area contributed by atoms with Crippen LogP contribution in [0.2, 0.25) is 0 Å². The van der Waals surface area contributed by atoms with E-state index in [4.69, 9.17) is 0 Å². The first-order valence-electron chi connectivity index (χ1n) is 8.73. The lowest BCUT2D eigenvalue weighted by Gasteiger charge is -2.00. The summed E-state index contributed by atoms with van der Waals surface area (Å²) >= 11 is 0. The topological polar surface area (TPSA) is 113 Å². The Hall–Kier alpha value is -4.33. The Bertz CT molecular complexity index is 1250. The van der Waals surface area contributed by atoms with E-state index in [0.717, 1.165) is 16.3 Å². The molecule has 3 aromatic carbocycles. The number of nitro groups is 1. The van der Waals surface area contributed by atoms with Crippen LogP contribution in [0.3, 0.4) is 0 Å². The first-order chi connectivity index (χ1) is 14.1. The van der Waals surface area contributed by atoms with Gasteiger partial charge in [0.15, 0.2) is 0 Å². The Labute approximate surface area is 165 Å². The van der Waals surface area contributed by atoms with Crippen LogP contribution in [0.4, 0.5) is 5.69 Å². The van der Waals surface area contributed by atoms with Gasteiger partial charge >= 0.3 is 0 Å². The molecule has 8 nitrogen and oxygen atoms in total. The van der Waals surface area contributed by atoms with Crippen LogP contribution in [0.5, 0.6) is 0 Å².